The highest BCUT2D eigenvalue weighted by Gasteiger charge is 2.31. The quantitative estimate of drug-likeness (QED) is 0.718. The van der Waals surface area contributed by atoms with Crippen LogP contribution >= 0.6 is 24.8 Å². The van der Waals surface area contributed by atoms with Crippen LogP contribution in [0, 0.1) is 0 Å². The van der Waals surface area contributed by atoms with Crippen LogP contribution in [0.1, 0.15) is 13.8 Å². The Hall–Kier alpha value is -0.380. The average Bonchev–Trinajstić information content (AvgIpc) is 2.28. The van der Waals surface area contributed by atoms with Gasteiger partial charge in [0.15, 0.2) is 0 Å². The first kappa shape index (κ1) is 22.9. The Bertz CT molecular complexity index is 458. The molecule has 1 atom stereocenters. The van der Waals surface area contributed by atoms with Gasteiger partial charge in [-0.2, -0.15) is 4.31 Å². The summed E-state index contributed by atoms with van der Waals surface area (Å²) < 4.78 is 25.3. The topological polar surface area (TPSA) is 104 Å². The molecule has 0 bridgehead atoms. The van der Waals surface area contributed by atoms with Crippen LogP contribution in [0.3, 0.4) is 0 Å². The molecule has 1 saturated heterocycles. The fourth-order valence-corrected chi connectivity index (χ4v) is 3.47. The largest absolute Gasteiger partial charge is 0.480 e. The second-order valence-corrected chi connectivity index (χ2v) is 6.55. The summed E-state index contributed by atoms with van der Waals surface area (Å²) >= 11 is 0. The lowest BCUT2D eigenvalue weighted by molar-refractivity contribution is -0.143. The minimum Gasteiger partial charge on any atom is -0.480 e. The van der Waals surface area contributed by atoms with E-state index >= 15 is 0 Å². The zero-order chi connectivity index (χ0) is 14.6. The number of rotatable bonds is 5. The van der Waals surface area contributed by atoms with Gasteiger partial charge in [-0.15, -0.1) is 24.8 Å². The number of hydrogen-bond donors (Lipinski definition) is 2. The van der Waals surface area contributed by atoms with Gasteiger partial charge in [-0.25, -0.2) is 8.42 Å². The Morgan fingerprint density at radius 2 is 1.71 bits per heavy atom. The molecule has 21 heavy (non-hydrogen) atoms. The van der Waals surface area contributed by atoms with Gasteiger partial charge in [-0.3, -0.25) is 9.69 Å². The highest BCUT2D eigenvalue weighted by molar-refractivity contribution is 7.92. The molecular weight excluding hydrogens is 341 g/mol. The van der Waals surface area contributed by atoms with Crippen LogP contribution in [0.5, 0.6) is 0 Å². The van der Waals surface area contributed by atoms with Crippen LogP contribution in [-0.4, -0.2) is 67.5 Å². The number of sulfonamides is 1. The molecule has 0 radical (unpaired) electrons. The first-order chi connectivity index (χ1) is 8.77. The first-order valence-corrected chi connectivity index (χ1v) is 7.60. The second-order valence-electron chi connectivity index (χ2n) is 4.76. The zero-order valence-corrected chi connectivity index (χ0v) is 14.5. The van der Waals surface area contributed by atoms with Crippen molar-refractivity contribution >= 4 is 40.8 Å². The Labute approximate surface area is 138 Å². The van der Waals surface area contributed by atoms with E-state index in [0.29, 0.717) is 18.7 Å². The average molecular weight is 364 g/mol. The minimum atomic E-state index is -3.39. The van der Waals surface area contributed by atoms with Crippen molar-refractivity contribution in [2.45, 2.75) is 19.9 Å². The van der Waals surface area contributed by atoms with E-state index < -0.39 is 22.0 Å². The molecule has 0 aliphatic carbocycles. The molecule has 1 heterocycles. The Kier molecular flexibility index (Phi) is 10.5. The molecule has 3 N–H and O–H groups in total. The highest BCUT2D eigenvalue weighted by Crippen LogP contribution is 2.12. The number of nitrogens with zero attached hydrogens (tertiary/aromatic N) is 2. The summed E-state index contributed by atoms with van der Waals surface area (Å²) in [5.41, 5.74) is 6.14. The number of allylic oxidation sites excluding steroid dienone is 1. The number of hydrogen-bond acceptors (Lipinski definition) is 5. The minimum absolute atomic E-state index is 0. The molecule has 0 unspecified atom stereocenters. The summed E-state index contributed by atoms with van der Waals surface area (Å²) in [6, 6.07) is -0.742. The molecule has 0 spiro atoms. The maximum absolute atomic E-state index is 12.0. The number of carboxylic acid groups (broad SMARTS) is 1. The Balaban J connectivity index is 0. The van der Waals surface area contributed by atoms with Crippen LogP contribution in [0.25, 0.3) is 0 Å². The monoisotopic (exact) mass is 363 g/mol. The maximum atomic E-state index is 12.0. The van der Waals surface area contributed by atoms with Crippen molar-refractivity contribution in [2.24, 2.45) is 5.73 Å². The number of carbonyl (C=O) groups is 1. The summed E-state index contributed by atoms with van der Waals surface area (Å²) in [5, 5.41) is 10.2. The predicted molar refractivity (Wildman–Crippen MR) is 86.5 cm³/mol. The van der Waals surface area contributed by atoms with Crippen LogP contribution < -0.4 is 5.73 Å². The summed E-state index contributed by atoms with van der Waals surface area (Å²) in [6.07, 6.45) is 0. The van der Waals surface area contributed by atoms with E-state index in [4.69, 9.17) is 10.8 Å². The smallest absolute Gasteiger partial charge is 0.322 e. The van der Waals surface area contributed by atoms with Crippen molar-refractivity contribution in [1.82, 2.24) is 9.21 Å². The van der Waals surface area contributed by atoms with Gasteiger partial charge >= 0.3 is 5.97 Å². The van der Waals surface area contributed by atoms with E-state index in [9.17, 15) is 13.2 Å². The molecule has 1 aliphatic rings. The van der Waals surface area contributed by atoms with Crippen molar-refractivity contribution in [3.05, 3.63) is 11.0 Å². The Morgan fingerprint density at radius 3 is 2.05 bits per heavy atom. The molecule has 126 valence electrons. The Morgan fingerprint density at radius 1 is 1.24 bits per heavy atom. The van der Waals surface area contributed by atoms with Gasteiger partial charge in [0.1, 0.15) is 6.04 Å². The lowest BCUT2D eigenvalue weighted by Crippen LogP contribution is -2.55. The standard InChI is InChI=1S/C11H21N3O4S.2ClH/c1-9(2)8-19(17,18)14-5-3-13(4-6-14)10(7-12)11(15)16;;/h8,10H,3-7,12H2,1-2H3,(H,15,16);2*1H/t10-;;/m0../s1. The maximum Gasteiger partial charge on any atom is 0.322 e. The first-order valence-electron chi connectivity index (χ1n) is 6.10. The van der Waals surface area contributed by atoms with Crippen molar-refractivity contribution in [3.63, 3.8) is 0 Å². The summed E-state index contributed by atoms with van der Waals surface area (Å²) in [7, 11) is -3.39. The van der Waals surface area contributed by atoms with Crippen molar-refractivity contribution in [1.29, 1.82) is 0 Å². The molecule has 1 fully saturated rings. The molecular formula is C11H23Cl2N3O4S. The number of carboxylic acids is 1. The van der Waals surface area contributed by atoms with Crippen molar-refractivity contribution in [3.8, 4) is 0 Å². The fraction of sp³-hybridized carbons (Fsp3) is 0.727. The van der Waals surface area contributed by atoms with E-state index in [1.165, 1.54) is 9.71 Å². The summed E-state index contributed by atoms with van der Waals surface area (Å²) in [5.74, 6) is -0.969. The molecule has 7 nitrogen and oxygen atoms in total. The third-order valence-electron chi connectivity index (χ3n) is 2.97. The van der Waals surface area contributed by atoms with Crippen molar-refractivity contribution in [2.75, 3.05) is 32.7 Å². The number of halogens is 2. The number of aliphatic carboxylic acids is 1. The van der Waals surface area contributed by atoms with Gasteiger partial charge in [0, 0.05) is 38.1 Å². The van der Waals surface area contributed by atoms with E-state index in [2.05, 4.69) is 0 Å². The predicted octanol–water partition coefficient (Wildman–Crippen LogP) is 0.113. The van der Waals surface area contributed by atoms with E-state index in [0.717, 1.165) is 0 Å². The fourth-order valence-electron chi connectivity index (χ4n) is 2.05. The molecule has 10 heteroatoms. The molecule has 0 amide bonds. The van der Waals surface area contributed by atoms with Gasteiger partial charge in [0.05, 0.1) is 0 Å². The van der Waals surface area contributed by atoms with Gasteiger partial charge in [0.25, 0.3) is 0 Å². The van der Waals surface area contributed by atoms with E-state index in [1.807, 2.05) is 0 Å². The summed E-state index contributed by atoms with van der Waals surface area (Å²) in [4.78, 5) is 12.7. The van der Waals surface area contributed by atoms with Crippen LogP contribution in [0.15, 0.2) is 11.0 Å². The molecule has 0 aromatic heterocycles. The molecule has 0 aromatic carbocycles. The van der Waals surface area contributed by atoms with Crippen LogP contribution in [-0.2, 0) is 14.8 Å². The van der Waals surface area contributed by atoms with Gasteiger partial charge in [0.2, 0.25) is 10.0 Å². The van der Waals surface area contributed by atoms with E-state index in [1.54, 1.807) is 18.7 Å². The summed E-state index contributed by atoms with van der Waals surface area (Å²) in [6.45, 7) is 4.81. The third kappa shape index (κ3) is 6.50. The SMILES string of the molecule is CC(C)=CS(=O)(=O)N1CCN([C@@H](CN)C(=O)O)CC1.Cl.Cl. The molecule has 1 rings (SSSR count). The lowest BCUT2D eigenvalue weighted by Gasteiger charge is -2.36. The normalized spacial score (nSPS) is 18.0. The lowest BCUT2D eigenvalue weighted by atomic mass is 10.2. The molecule has 1 aliphatic heterocycles. The third-order valence-corrected chi connectivity index (χ3v) is 4.82. The second kappa shape index (κ2) is 9.60. The van der Waals surface area contributed by atoms with Crippen LogP contribution in [0.2, 0.25) is 0 Å². The molecule has 0 saturated carbocycles. The van der Waals surface area contributed by atoms with Gasteiger partial charge in [-0.05, 0) is 13.8 Å². The van der Waals surface area contributed by atoms with E-state index in [-0.39, 0.29) is 44.4 Å². The van der Waals surface area contributed by atoms with Crippen molar-refractivity contribution < 1.29 is 18.3 Å². The highest BCUT2D eigenvalue weighted by atomic mass is 35.5. The number of piperazine rings is 1. The van der Waals surface area contributed by atoms with Gasteiger partial charge < -0.3 is 10.8 Å². The van der Waals surface area contributed by atoms with Gasteiger partial charge in [-0.1, -0.05) is 5.57 Å². The molecule has 0 aromatic rings. The van der Waals surface area contributed by atoms with Crippen LogP contribution in [0.4, 0.5) is 0 Å². The number of nitrogens with two attached hydrogens (primary N) is 1. The zero-order valence-electron chi connectivity index (χ0n) is 12.1.